The standard InChI is InChI=1S/C21H22N4O3S/c1-14-7-9-15(10-8-14)20-22-23-21(29)25(20)12-19(26)24(2)11-16-13-27-17-5-3-4-6-18(17)28-16/h3-10,16H,11-13H2,1-2H3,(H,23,29)/t16-/m1/s1. The third-order valence-corrected chi connectivity index (χ3v) is 5.14. The molecule has 29 heavy (non-hydrogen) atoms. The molecule has 0 radical (unpaired) electrons. The molecule has 1 amide bonds. The molecule has 3 aromatic rings. The predicted molar refractivity (Wildman–Crippen MR) is 112 cm³/mol. The van der Waals surface area contributed by atoms with Crippen molar-refractivity contribution in [2.24, 2.45) is 0 Å². The maximum absolute atomic E-state index is 12.8. The van der Waals surface area contributed by atoms with Crippen LogP contribution in [0.15, 0.2) is 48.5 Å². The van der Waals surface area contributed by atoms with E-state index in [0.29, 0.717) is 29.5 Å². The van der Waals surface area contributed by atoms with E-state index >= 15 is 0 Å². The fourth-order valence-corrected chi connectivity index (χ4v) is 3.40. The van der Waals surface area contributed by atoms with E-state index in [1.54, 1.807) is 16.5 Å². The molecule has 0 fully saturated rings. The topological polar surface area (TPSA) is 72.4 Å². The van der Waals surface area contributed by atoms with Crippen LogP contribution < -0.4 is 9.47 Å². The molecule has 0 unspecified atom stereocenters. The molecule has 7 nitrogen and oxygen atoms in total. The molecule has 0 bridgehead atoms. The van der Waals surface area contributed by atoms with Gasteiger partial charge in [0.25, 0.3) is 0 Å². The number of aryl methyl sites for hydroxylation is 1. The number of benzene rings is 2. The number of aromatic amines is 1. The number of para-hydroxylation sites is 2. The number of fused-ring (bicyclic) bond motifs is 1. The van der Waals surface area contributed by atoms with Crippen LogP contribution in [0.3, 0.4) is 0 Å². The van der Waals surface area contributed by atoms with E-state index in [-0.39, 0.29) is 18.6 Å². The summed E-state index contributed by atoms with van der Waals surface area (Å²) in [7, 11) is 1.75. The first-order chi connectivity index (χ1) is 14.0. The van der Waals surface area contributed by atoms with Gasteiger partial charge in [0.15, 0.2) is 28.2 Å². The smallest absolute Gasteiger partial charge is 0.242 e. The third-order valence-electron chi connectivity index (χ3n) is 4.83. The number of likely N-dealkylation sites (N-methyl/N-ethyl adjacent to an activating group) is 1. The van der Waals surface area contributed by atoms with Crippen molar-refractivity contribution in [2.75, 3.05) is 20.2 Å². The molecule has 1 atom stereocenters. The van der Waals surface area contributed by atoms with Gasteiger partial charge in [-0.3, -0.25) is 14.5 Å². The number of carbonyl (C=O) groups is 1. The van der Waals surface area contributed by atoms with Crippen molar-refractivity contribution in [2.45, 2.75) is 19.6 Å². The van der Waals surface area contributed by atoms with Gasteiger partial charge in [0, 0.05) is 12.6 Å². The normalized spacial score (nSPS) is 15.2. The van der Waals surface area contributed by atoms with E-state index in [1.165, 1.54) is 0 Å². The first-order valence-electron chi connectivity index (χ1n) is 9.36. The van der Waals surface area contributed by atoms with Crippen LogP contribution in [0.5, 0.6) is 11.5 Å². The van der Waals surface area contributed by atoms with Gasteiger partial charge in [-0.05, 0) is 31.3 Å². The largest absolute Gasteiger partial charge is 0.486 e. The van der Waals surface area contributed by atoms with E-state index < -0.39 is 0 Å². The van der Waals surface area contributed by atoms with Gasteiger partial charge < -0.3 is 14.4 Å². The van der Waals surface area contributed by atoms with E-state index in [2.05, 4.69) is 10.2 Å². The molecule has 0 saturated carbocycles. The van der Waals surface area contributed by atoms with E-state index in [9.17, 15) is 4.79 Å². The maximum atomic E-state index is 12.8. The van der Waals surface area contributed by atoms with Crippen LogP contribution in [0.25, 0.3) is 11.4 Å². The Bertz CT molecular complexity index is 1070. The number of carbonyl (C=O) groups excluding carboxylic acids is 1. The lowest BCUT2D eigenvalue weighted by Crippen LogP contribution is -2.42. The second kappa shape index (κ2) is 8.08. The van der Waals surface area contributed by atoms with Crippen molar-refractivity contribution in [1.82, 2.24) is 19.7 Å². The lowest BCUT2D eigenvalue weighted by atomic mass is 10.1. The van der Waals surface area contributed by atoms with Crippen molar-refractivity contribution < 1.29 is 14.3 Å². The Morgan fingerprint density at radius 1 is 1.24 bits per heavy atom. The van der Waals surface area contributed by atoms with Crippen molar-refractivity contribution >= 4 is 18.1 Å². The molecule has 8 heteroatoms. The summed E-state index contributed by atoms with van der Waals surface area (Å²) in [6.45, 7) is 2.93. The highest BCUT2D eigenvalue weighted by atomic mass is 32.1. The first-order valence-corrected chi connectivity index (χ1v) is 9.77. The number of hydrogen-bond donors (Lipinski definition) is 1. The van der Waals surface area contributed by atoms with Crippen LogP contribution in [-0.2, 0) is 11.3 Å². The van der Waals surface area contributed by atoms with Crippen molar-refractivity contribution in [3.63, 3.8) is 0 Å². The highest BCUT2D eigenvalue weighted by Gasteiger charge is 2.24. The zero-order chi connectivity index (χ0) is 20.4. The molecule has 2 aromatic carbocycles. The van der Waals surface area contributed by atoms with Crippen LogP contribution in [0.4, 0.5) is 0 Å². The van der Waals surface area contributed by atoms with Gasteiger partial charge in [-0.2, -0.15) is 5.10 Å². The summed E-state index contributed by atoms with van der Waals surface area (Å²) in [5, 5.41) is 7.09. The zero-order valence-corrected chi connectivity index (χ0v) is 17.1. The van der Waals surface area contributed by atoms with Crippen molar-refractivity contribution in [3.05, 3.63) is 58.9 Å². The second-order valence-corrected chi connectivity index (χ2v) is 7.46. The highest BCUT2D eigenvalue weighted by molar-refractivity contribution is 7.71. The molecular formula is C21H22N4O3S. The van der Waals surface area contributed by atoms with Crippen LogP contribution in [-0.4, -0.2) is 51.9 Å². The Labute approximate surface area is 173 Å². The third kappa shape index (κ3) is 4.17. The van der Waals surface area contributed by atoms with E-state index in [4.69, 9.17) is 21.7 Å². The number of amides is 1. The van der Waals surface area contributed by atoms with Gasteiger partial charge in [-0.15, -0.1) is 0 Å². The number of ether oxygens (including phenoxy) is 2. The summed E-state index contributed by atoms with van der Waals surface area (Å²) in [4.78, 5) is 14.5. The number of H-pyrrole nitrogens is 1. The van der Waals surface area contributed by atoms with Crippen LogP contribution >= 0.6 is 12.2 Å². The number of nitrogens with one attached hydrogen (secondary N) is 1. The average Bonchev–Trinajstić information content (AvgIpc) is 3.08. The molecule has 4 rings (SSSR count). The summed E-state index contributed by atoms with van der Waals surface area (Å²) < 4.78 is 13.8. The van der Waals surface area contributed by atoms with Crippen LogP contribution in [0.2, 0.25) is 0 Å². The van der Waals surface area contributed by atoms with Crippen molar-refractivity contribution in [1.29, 1.82) is 0 Å². The molecule has 0 spiro atoms. The Kier molecular flexibility index (Phi) is 5.35. The second-order valence-electron chi connectivity index (χ2n) is 7.08. The van der Waals surface area contributed by atoms with Crippen LogP contribution in [0, 0.1) is 11.7 Å². The summed E-state index contributed by atoms with van der Waals surface area (Å²) in [6, 6.07) is 15.5. The summed E-state index contributed by atoms with van der Waals surface area (Å²) in [5.74, 6) is 1.98. The molecule has 2 heterocycles. The monoisotopic (exact) mass is 410 g/mol. The summed E-state index contributed by atoms with van der Waals surface area (Å²) in [5.41, 5.74) is 2.06. The highest BCUT2D eigenvalue weighted by Crippen LogP contribution is 2.31. The number of rotatable bonds is 5. The minimum absolute atomic E-state index is 0.0849. The fourth-order valence-electron chi connectivity index (χ4n) is 3.20. The summed E-state index contributed by atoms with van der Waals surface area (Å²) in [6.07, 6.45) is -0.229. The first kappa shape index (κ1) is 19.2. The van der Waals surface area contributed by atoms with Crippen molar-refractivity contribution in [3.8, 4) is 22.9 Å². The Balaban J connectivity index is 1.44. The number of hydrogen-bond acceptors (Lipinski definition) is 5. The Morgan fingerprint density at radius 3 is 2.72 bits per heavy atom. The Morgan fingerprint density at radius 2 is 1.97 bits per heavy atom. The SMILES string of the molecule is Cc1ccc(-c2n[nH]c(=S)n2CC(=O)N(C)C[C@@H]2COc3ccccc3O2)cc1. The molecule has 1 aromatic heterocycles. The molecular weight excluding hydrogens is 388 g/mol. The maximum Gasteiger partial charge on any atom is 0.242 e. The summed E-state index contributed by atoms with van der Waals surface area (Å²) >= 11 is 5.34. The molecule has 1 aliphatic heterocycles. The zero-order valence-electron chi connectivity index (χ0n) is 16.3. The van der Waals surface area contributed by atoms with Gasteiger partial charge in [-0.25, -0.2) is 0 Å². The van der Waals surface area contributed by atoms with Gasteiger partial charge in [0.05, 0.1) is 6.54 Å². The van der Waals surface area contributed by atoms with Crippen LogP contribution in [0.1, 0.15) is 5.56 Å². The number of nitrogens with zero attached hydrogens (tertiary/aromatic N) is 3. The van der Waals surface area contributed by atoms with E-state index in [1.807, 2.05) is 55.5 Å². The molecule has 1 N–H and O–H groups in total. The molecule has 1 aliphatic rings. The minimum atomic E-state index is -0.229. The molecule has 0 saturated heterocycles. The number of aromatic nitrogens is 3. The van der Waals surface area contributed by atoms with Gasteiger partial charge in [0.2, 0.25) is 5.91 Å². The fraction of sp³-hybridized carbons (Fsp3) is 0.286. The van der Waals surface area contributed by atoms with Gasteiger partial charge in [0.1, 0.15) is 13.2 Å². The van der Waals surface area contributed by atoms with Gasteiger partial charge in [-0.1, -0.05) is 42.0 Å². The lowest BCUT2D eigenvalue weighted by molar-refractivity contribution is -0.131. The quantitative estimate of drug-likeness (QED) is 0.654. The molecule has 150 valence electrons. The molecule has 0 aliphatic carbocycles. The Hall–Kier alpha value is -3.13. The predicted octanol–water partition coefficient (Wildman–Crippen LogP) is 3.21. The lowest BCUT2D eigenvalue weighted by Gasteiger charge is -2.29. The van der Waals surface area contributed by atoms with E-state index in [0.717, 1.165) is 16.9 Å². The average molecular weight is 410 g/mol. The van der Waals surface area contributed by atoms with Gasteiger partial charge >= 0.3 is 0 Å². The minimum Gasteiger partial charge on any atom is -0.486 e.